The van der Waals surface area contributed by atoms with Crippen LogP contribution in [-0.2, 0) is 4.79 Å². The van der Waals surface area contributed by atoms with Crippen LogP contribution in [0.25, 0.3) is 0 Å². The molecule has 1 aliphatic heterocycles. The molecular formula is C8H12N2O3. The number of urea groups is 1. The first-order valence-corrected chi connectivity index (χ1v) is 4.44. The number of hydrogen-bond donors (Lipinski definition) is 3. The standard InChI is InChI=1S/C8H12N2O3/c11-5-2-1-3-8(4-5)6(12)9-7(13)10-8/h5,11H,1-4H2,(H2,9,10,12,13)/t5-,8+/m1/s1. The molecule has 2 rings (SSSR count). The predicted molar refractivity (Wildman–Crippen MR) is 43.9 cm³/mol. The zero-order chi connectivity index (χ0) is 9.47. The SMILES string of the molecule is O=C1NC(=O)[C@@]2(CCC[C@@H](O)C2)N1. The number of hydrogen-bond acceptors (Lipinski definition) is 3. The quantitative estimate of drug-likeness (QED) is 0.444. The first-order chi connectivity index (χ1) is 6.12. The van der Waals surface area contributed by atoms with Crippen LogP contribution in [0.4, 0.5) is 4.79 Å². The average Bonchev–Trinajstić information content (AvgIpc) is 2.26. The van der Waals surface area contributed by atoms with Gasteiger partial charge in [0.2, 0.25) is 0 Å². The Morgan fingerprint density at radius 2 is 2.23 bits per heavy atom. The highest BCUT2D eigenvalue weighted by atomic mass is 16.3. The first kappa shape index (κ1) is 8.50. The van der Waals surface area contributed by atoms with E-state index in [9.17, 15) is 14.7 Å². The maximum atomic E-state index is 11.4. The third-order valence-corrected chi connectivity index (χ3v) is 2.74. The van der Waals surface area contributed by atoms with E-state index in [-0.39, 0.29) is 5.91 Å². The number of aliphatic hydroxyl groups excluding tert-OH is 1. The Kier molecular flexibility index (Phi) is 1.76. The fourth-order valence-corrected chi connectivity index (χ4v) is 2.09. The minimum atomic E-state index is -0.825. The fraction of sp³-hybridized carbons (Fsp3) is 0.750. The maximum Gasteiger partial charge on any atom is 0.322 e. The van der Waals surface area contributed by atoms with Crippen LogP contribution >= 0.6 is 0 Å². The van der Waals surface area contributed by atoms with Crippen molar-refractivity contribution in [2.75, 3.05) is 0 Å². The molecule has 1 saturated heterocycles. The van der Waals surface area contributed by atoms with E-state index >= 15 is 0 Å². The van der Waals surface area contributed by atoms with Crippen molar-refractivity contribution in [1.29, 1.82) is 0 Å². The smallest absolute Gasteiger partial charge is 0.322 e. The predicted octanol–water partition coefficient (Wildman–Crippen LogP) is -0.501. The number of carbonyl (C=O) groups is 2. The molecule has 1 heterocycles. The highest BCUT2D eigenvalue weighted by Gasteiger charge is 2.48. The van der Waals surface area contributed by atoms with Gasteiger partial charge >= 0.3 is 6.03 Å². The van der Waals surface area contributed by atoms with Gasteiger partial charge in [-0.15, -0.1) is 0 Å². The van der Waals surface area contributed by atoms with Gasteiger partial charge in [0.15, 0.2) is 0 Å². The van der Waals surface area contributed by atoms with Crippen LogP contribution < -0.4 is 10.6 Å². The van der Waals surface area contributed by atoms with Crippen LogP contribution in [0.15, 0.2) is 0 Å². The summed E-state index contributed by atoms with van der Waals surface area (Å²) in [7, 11) is 0. The summed E-state index contributed by atoms with van der Waals surface area (Å²) in [6.45, 7) is 0. The Bertz CT molecular complexity index is 266. The Balaban J connectivity index is 2.19. The lowest BCUT2D eigenvalue weighted by Crippen LogP contribution is -2.51. The summed E-state index contributed by atoms with van der Waals surface area (Å²) in [5.74, 6) is -0.295. The maximum absolute atomic E-state index is 11.4. The Hall–Kier alpha value is -1.10. The molecule has 2 fully saturated rings. The van der Waals surface area contributed by atoms with Crippen LogP contribution in [0.3, 0.4) is 0 Å². The zero-order valence-electron chi connectivity index (χ0n) is 7.17. The lowest BCUT2D eigenvalue weighted by atomic mass is 9.80. The number of aliphatic hydroxyl groups is 1. The molecule has 13 heavy (non-hydrogen) atoms. The van der Waals surface area contributed by atoms with Crippen molar-refractivity contribution >= 4 is 11.9 Å². The van der Waals surface area contributed by atoms with Gasteiger partial charge in [-0.3, -0.25) is 10.1 Å². The number of carbonyl (C=O) groups excluding carboxylic acids is 2. The van der Waals surface area contributed by atoms with Gasteiger partial charge in [0.05, 0.1) is 6.10 Å². The lowest BCUT2D eigenvalue weighted by molar-refractivity contribution is -0.126. The summed E-state index contributed by atoms with van der Waals surface area (Å²) >= 11 is 0. The molecule has 1 saturated carbocycles. The zero-order valence-corrected chi connectivity index (χ0v) is 7.17. The molecule has 2 atom stereocenters. The molecule has 1 aliphatic carbocycles. The largest absolute Gasteiger partial charge is 0.393 e. The molecule has 5 heteroatoms. The van der Waals surface area contributed by atoms with Gasteiger partial charge in [0.25, 0.3) is 5.91 Å². The van der Waals surface area contributed by atoms with E-state index in [1.807, 2.05) is 0 Å². The van der Waals surface area contributed by atoms with Crippen molar-refractivity contribution in [3.05, 3.63) is 0 Å². The molecule has 2 aliphatic rings. The molecule has 0 aromatic rings. The molecule has 3 amide bonds. The average molecular weight is 184 g/mol. The number of nitrogens with one attached hydrogen (secondary N) is 2. The van der Waals surface area contributed by atoms with Crippen LogP contribution in [0, 0.1) is 0 Å². The highest BCUT2D eigenvalue weighted by Crippen LogP contribution is 2.30. The lowest BCUT2D eigenvalue weighted by Gasteiger charge is -2.32. The summed E-state index contributed by atoms with van der Waals surface area (Å²) in [4.78, 5) is 22.3. The van der Waals surface area contributed by atoms with E-state index < -0.39 is 17.7 Å². The molecule has 0 bridgehead atoms. The second-order valence-electron chi connectivity index (χ2n) is 3.74. The van der Waals surface area contributed by atoms with Crippen molar-refractivity contribution in [2.45, 2.75) is 37.3 Å². The van der Waals surface area contributed by atoms with E-state index in [2.05, 4.69) is 10.6 Å². The van der Waals surface area contributed by atoms with Crippen LogP contribution in [0.5, 0.6) is 0 Å². The number of rotatable bonds is 0. The molecule has 0 unspecified atom stereocenters. The van der Waals surface area contributed by atoms with Crippen molar-refractivity contribution in [3.8, 4) is 0 Å². The normalized spacial score (nSPS) is 39.0. The van der Waals surface area contributed by atoms with Gasteiger partial charge < -0.3 is 10.4 Å². The number of amides is 3. The minimum absolute atomic E-state index is 0.295. The van der Waals surface area contributed by atoms with Gasteiger partial charge in [0.1, 0.15) is 5.54 Å². The van der Waals surface area contributed by atoms with Crippen molar-refractivity contribution in [1.82, 2.24) is 10.6 Å². The van der Waals surface area contributed by atoms with E-state index in [0.717, 1.165) is 6.42 Å². The molecule has 72 valence electrons. The van der Waals surface area contributed by atoms with E-state index in [1.54, 1.807) is 0 Å². The first-order valence-electron chi connectivity index (χ1n) is 4.44. The molecule has 3 N–H and O–H groups in total. The van der Waals surface area contributed by atoms with Crippen molar-refractivity contribution < 1.29 is 14.7 Å². The van der Waals surface area contributed by atoms with Crippen molar-refractivity contribution in [2.24, 2.45) is 0 Å². The molecule has 0 aromatic heterocycles. The van der Waals surface area contributed by atoms with Crippen molar-refractivity contribution in [3.63, 3.8) is 0 Å². The molecule has 5 nitrogen and oxygen atoms in total. The second-order valence-corrected chi connectivity index (χ2v) is 3.74. The van der Waals surface area contributed by atoms with Gasteiger partial charge in [-0.1, -0.05) is 0 Å². The van der Waals surface area contributed by atoms with Crippen LogP contribution in [0.2, 0.25) is 0 Å². The van der Waals surface area contributed by atoms with Gasteiger partial charge in [0, 0.05) is 6.42 Å². The molecule has 1 spiro atoms. The fourth-order valence-electron chi connectivity index (χ4n) is 2.09. The summed E-state index contributed by atoms with van der Waals surface area (Å²) in [5.41, 5.74) is -0.825. The molecular weight excluding hydrogens is 172 g/mol. The summed E-state index contributed by atoms with van der Waals surface area (Å²) < 4.78 is 0. The second kappa shape index (κ2) is 2.70. The third-order valence-electron chi connectivity index (χ3n) is 2.74. The Morgan fingerprint density at radius 1 is 1.46 bits per heavy atom. The third kappa shape index (κ3) is 1.29. The van der Waals surface area contributed by atoms with E-state index in [1.165, 1.54) is 0 Å². The van der Waals surface area contributed by atoms with E-state index in [4.69, 9.17) is 0 Å². The summed E-state index contributed by atoms with van der Waals surface area (Å²) in [6.07, 6.45) is 1.98. The summed E-state index contributed by atoms with van der Waals surface area (Å²) in [5, 5.41) is 14.2. The van der Waals surface area contributed by atoms with Gasteiger partial charge in [-0.05, 0) is 19.3 Å². The monoisotopic (exact) mass is 184 g/mol. The van der Waals surface area contributed by atoms with Gasteiger partial charge in [-0.25, -0.2) is 4.79 Å². The Labute approximate surface area is 75.5 Å². The van der Waals surface area contributed by atoms with Crippen LogP contribution in [0.1, 0.15) is 25.7 Å². The minimum Gasteiger partial charge on any atom is -0.393 e. The molecule has 0 aromatic carbocycles. The Morgan fingerprint density at radius 3 is 2.77 bits per heavy atom. The number of imide groups is 1. The topological polar surface area (TPSA) is 78.4 Å². The van der Waals surface area contributed by atoms with E-state index in [0.29, 0.717) is 19.3 Å². The summed E-state index contributed by atoms with van der Waals surface area (Å²) in [6, 6.07) is -0.445. The van der Waals surface area contributed by atoms with Crippen LogP contribution in [-0.4, -0.2) is 28.7 Å². The van der Waals surface area contributed by atoms with Gasteiger partial charge in [-0.2, -0.15) is 0 Å². The molecule has 0 radical (unpaired) electrons. The highest BCUT2D eigenvalue weighted by molar-refractivity contribution is 6.07.